The summed E-state index contributed by atoms with van der Waals surface area (Å²) >= 11 is 1.69. The molecule has 1 atom stereocenters. The van der Waals surface area contributed by atoms with E-state index in [2.05, 4.69) is 16.5 Å². The summed E-state index contributed by atoms with van der Waals surface area (Å²) in [6.07, 6.45) is 0.678. The van der Waals surface area contributed by atoms with E-state index >= 15 is 0 Å². The molecule has 1 aromatic heterocycles. The highest BCUT2D eigenvalue weighted by molar-refractivity contribution is 7.99. The Bertz CT molecular complexity index is 767. The van der Waals surface area contributed by atoms with E-state index in [1.165, 1.54) is 5.56 Å². The zero-order valence-corrected chi connectivity index (χ0v) is 14.0. The maximum absolute atomic E-state index is 12.5. The number of rotatable bonds is 3. The molecule has 0 spiro atoms. The third-order valence-electron chi connectivity index (χ3n) is 3.99. The van der Waals surface area contributed by atoms with Crippen LogP contribution in [0.2, 0.25) is 0 Å². The van der Waals surface area contributed by atoms with Crippen molar-refractivity contribution in [3.8, 4) is 11.8 Å². The molecule has 1 aromatic carbocycles. The molecule has 1 N–H and O–H groups in total. The van der Waals surface area contributed by atoms with Crippen molar-refractivity contribution in [1.82, 2.24) is 15.1 Å². The summed E-state index contributed by atoms with van der Waals surface area (Å²) in [6, 6.07) is 12.0. The van der Waals surface area contributed by atoms with E-state index in [1.54, 1.807) is 22.5 Å². The zero-order chi connectivity index (χ0) is 16.4. The first-order valence-corrected chi connectivity index (χ1v) is 8.64. The van der Waals surface area contributed by atoms with Gasteiger partial charge in [-0.25, -0.2) is 4.68 Å². The van der Waals surface area contributed by atoms with E-state index in [9.17, 15) is 10.1 Å². The molecule has 118 valence electrons. The molecule has 0 unspecified atom stereocenters. The van der Waals surface area contributed by atoms with Crippen LogP contribution in [-0.2, 0) is 0 Å². The second-order valence-corrected chi connectivity index (χ2v) is 6.97. The number of carbonyl (C=O) groups is 1. The van der Waals surface area contributed by atoms with Gasteiger partial charge in [0, 0.05) is 11.4 Å². The SMILES string of the molecule is Cc1ccc(-n2nc(C(=O)N[C@]3(C#N)CCSC3)cc2C)cc1. The van der Waals surface area contributed by atoms with Crippen LogP contribution in [0.4, 0.5) is 0 Å². The Balaban J connectivity index is 1.84. The molecule has 1 aliphatic rings. The maximum atomic E-state index is 12.5. The molecule has 0 bridgehead atoms. The lowest BCUT2D eigenvalue weighted by Crippen LogP contribution is -2.47. The Hall–Kier alpha value is -2.26. The number of benzene rings is 1. The van der Waals surface area contributed by atoms with Gasteiger partial charge in [-0.15, -0.1) is 0 Å². The van der Waals surface area contributed by atoms with Crippen LogP contribution < -0.4 is 5.32 Å². The number of carbonyl (C=O) groups excluding carboxylic acids is 1. The molecule has 0 radical (unpaired) electrons. The van der Waals surface area contributed by atoms with Crippen LogP contribution in [0.5, 0.6) is 0 Å². The highest BCUT2D eigenvalue weighted by atomic mass is 32.2. The first kappa shape index (κ1) is 15.6. The smallest absolute Gasteiger partial charge is 0.273 e. The van der Waals surface area contributed by atoms with E-state index in [1.807, 2.05) is 38.1 Å². The molecule has 5 nitrogen and oxygen atoms in total. The van der Waals surface area contributed by atoms with Crippen LogP contribution in [0.1, 0.15) is 28.2 Å². The number of thioether (sulfide) groups is 1. The minimum atomic E-state index is -0.761. The third-order valence-corrected chi connectivity index (χ3v) is 5.18. The number of aromatic nitrogens is 2. The van der Waals surface area contributed by atoms with Crippen molar-refractivity contribution >= 4 is 17.7 Å². The molecule has 1 aliphatic heterocycles. The summed E-state index contributed by atoms with van der Waals surface area (Å²) in [6.45, 7) is 3.94. The highest BCUT2D eigenvalue weighted by Crippen LogP contribution is 2.27. The number of nitrogens with one attached hydrogen (secondary N) is 1. The number of hydrogen-bond acceptors (Lipinski definition) is 4. The molecule has 2 heterocycles. The molecule has 6 heteroatoms. The van der Waals surface area contributed by atoms with Crippen molar-refractivity contribution in [2.75, 3.05) is 11.5 Å². The maximum Gasteiger partial charge on any atom is 0.273 e. The molecule has 3 rings (SSSR count). The van der Waals surface area contributed by atoms with Crippen LogP contribution in [0, 0.1) is 25.2 Å². The number of amides is 1. The van der Waals surface area contributed by atoms with Crippen LogP contribution in [-0.4, -0.2) is 32.7 Å². The van der Waals surface area contributed by atoms with Gasteiger partial charge in [0.25, 0.3) is 5.91 Å². The Morgan fingerprint density at radius 2 is 2.13 bits per heavy atom. The number of aryl methyl sites for hydroxylation is 2. The molecule has 1 saturated heterocycles. The van der Waals surface area contributed by atoms with Crippen LogP contribution in [0.15, 0.2) is 30.3 Å². The first-order valence-electron chi connectivity index (χ1n) is 7.48. The van der Waals surface area contributed by atoms with E-state index in [0.29, 0.717) is 17.9 Å². The molecule has 23 heavy (non-hydrogen) atoms. The second kappa shape index (κ2) is 6.09. The van der Waals surface area contributed by atoms with Crippen molar-refractivity contribution < 1.29 is 4.79 Å². The van der Waals surface area contributed by atoms with Gasteiger partial charge in [0.05, 0.1) is 11.8 Å². The summed E-state index contributed by atoms with van der Waals surface area (Å²) in [5.41, 5.74) is 2.55. The normalized spacial score (nSPS) is 20.2. The van der Waals surface area contributed by atoms with Crippen molar-refractivity contribution in [2.24, 2.45) is 0 Å². The standard InChI is InChI=1S/C17H18N4OS/c1-12-3-5-14(6-4-12)21-13(2)9-15(20-21)16(22)19-17(10-18)7-8-23-11-17/h3-6,9H,7-8,11H2,1-2H3,(H,19,22)/t17-/m0/s1. The summed E-state index contributed by atoms with van der Waals surface area (Å²) in [4.78, 5) is 12.5. The van der Waals surface area contributed by atoms with Crippen molar-refractivity contribution in [1.29, 1.82) is 5.26 Å². The quantitative estimate of drug-likeness (QED) is 0.941. The van der Waals surface area contributed by atoms with E-state index in [4.69, 9.17) is 0 Å². The monoisotopic (exact) mass is 326 g/mol. The average Bonchev–Trinajstić information content (AvgIpc) is 3.16. The Kier molecular flexibility index (Phi) is 4.14. The molecule has 0 saturated carbocycles. The highest BCUT2D eigenvalue weighted by Gasteiger charge is 2.36. The fraction of sp³-hybridized carbons (Fsp3) is 0.353. The Morgan fingerprint density at radius 1 is 1.39 bits per heavy atom. The van der Waals surface area contributed by atoms with Crippen molar-refractivity contribution in [3.63, 3.8) is 0 Å². The van der Waals surface area contributed by atoms with Gasteiger partial charge >= 0.3 is 0 Å². The van der Waals surface area contributed by atoms with E-state index in [-0.39, 0.29) is 5.91 Å². The topological polar surface area (TPSA) is 70.7 Å². The number of hydrogen-bond donors (Lipinski definition) is 1. The fourth-order valence-electron chi connectivity index (χ4n) is 2.59. The van der Waals surface area contributed by atoms with Gasteiger partial charge in [-0.1, -0.05) is 17.7 Å². The van der Waals surface area contributed by atoms with E-state index < -0.39 is 5.54 Å². The van der Waals surface area contributed by atoms with Crippen molar-refractivity contribution in [2.45, 2.75) is 25.8 Å². The van der Waals surface area contributed by atoms with E-state index in [0.717, 1.165) is 17.1 Å². The Labute approximate surface area is 139 Å². The molecule has 2 aromatic rings. The number of nitriles is 1. The Morgan fingerprint density at radius 3 is 2.74 bits per heavy atom. The predicted molar refractivity (Wildman–Crippen MR) is 90.8 cm³/mol. The molecule has 1 fully saturated rings. The van der Waals surface area contributed by atoms with Crippen molar-refractivity contribution in [3.05, 3.63) is 47.3 Å². The third kappa shape index (κ3) is 3.10. The molecule has 0 aliphatic carbocycles. The zero-order valence-electron chi connectivity index (χ0n) is 13.2. The lowest BCUT2D eigenvalue weighted by molar-refractivity contribution is 0.0920. The number of nitrogens with zero attached hydrogens (tertiary/aromatic N) is 3. The molecule has 1 amide bonds. The largest absolute Gasteiger partial charge is 0.332 e. The van der Waals surface area contributed by atoms with Gasteiger partial charge in [0.1, 0.15) is 5.54 Å². The predicted octanol–water partition coefficient (Wildman–Crippen LogP) is 2.62. The van der Waals surface area contributed by atoms with Crippen LogP contribution in [0.3, 0.4) is 0 Å². The van der Waals surface area contributed by atoms with Crippen LogP contribution in [0.25, 0.3) is 5.69 Å². The lowest BCUT2D eigenvalue weighted by Gasteiger charge is -2.20. The summed E-state index contributed by atoms with van der Waals surface area (Å²) in [7, 11) is 0. The van der Waals surface area contributed by atoms with Gasteiger partial charge in [-0.05, 0) is 44.2 Å². The van der Waals surface area contributed by atoms with Gasteiger partial charge in [0.2, 0.25) is 0 Å². The van der Waals surface area contributed by atoms with Crippen LogP contribution >= 0.6 is 11.8 Å². The van der Waals surface area contributed by atoms with Gasteiger partial charge in [-0.2, -0.15) is 22.1 Å². The van der Waals surface area contributed by atoms with Gasteiger partial charge < -0.3 is 5.32 Å². The summed E-state index contributed by atoms with van der Waals surface area (Å²) in [5, 5.41) is 16.6. The van der Waals surface area contributed by atoms with Gasteiger partial charge in [0.15, 0.2) is 5.69 Å². The second-order valence-electron chi connectivity index (χ2n) is 5.87. The average molecular weight is 326 g/mol. The fourth-order valence-corrected chi connectivity index (χ4v) is 3.86. The minimum Gasteiger partial charge on any atom is -0.332 e. The van der Waals surface area contributed by atoms with Gasteiger partial charge in [-0.3, -0.25) is 4.79 Å². The molecular formula is C17H18N4OS. The first-order chi connectivity index (χ1) is 11.0. The summed E-state index contributed by atoms with van der Waals surface area (Å²) < 4.78 is 1.75. The molecular weight excluding hydrogens is 308 g/mol. The summed E-state index contributed by atoms with van der Waals surface area (Å²) in [5.74, 6) is 1.24. The minimum absolute atomic E-state index is 0.289. The lowest BCUT2D eigenvalue weighted by atomic mass is 10.0.